The SMILES string of the molecule is Cc1ccccc1S(=O)(=O)Nc1cnn(C)c1. The van der Waals surface area contributed by atoms with Gasteiger partial charge in [-0.3, -0.25) is 9.40 Å². The highest BCUT2D eigenvalue weighted by Gasteiger charge is 2.16. The number of sulfonamides is 1. The van der Waals surface area contributed by atoms with Gasteiger partial charge in [0, 0.05) is 13.2 Å². The molecule has 0 unspecified atom stereocenters. The van der Waals surface area contributed by atoms with E-state index in [9.17, 15) is 8.42 Å². The van der Waals surface area contributed by atoms with Crippen LogP contribution in [0, 0.1) is 6.92 Å². The molecule has 5 nitrogen and oxygen atoms in total. The molecule has 2 rings (SSSR count). The van der Waals surface area contributed by atoms with Crippen LogP contribution in [0.4, 0.5) is 5.69 Å². The van der Waals surface area contributed by atoms with Gasteiger partial charge in [-0.2, -0.15) is 5.10 Å². The van der Waals surface area contributed by atoms with Crippen molar-refractivity contribution in [1.82, 2.24) is 9.78 Å². The first-order valence-electron chi connectivity index (χ1n) is 5.06. The number of hydrogen-bond donors (Lipinski definition) is 1. The highest BCUT2D eigenvalue weighted by molar-refractivity contribution is 7.92. The van der Waals surface area contributed by atoms with Gasteiger partial charge in [0.15, 0.2) is 0 Å². The zero-order valence-electron chi connectivity index (χ0n) is 9.58. The van der Waals surface area contributed by atoms with Crippen LogP contribution < -0.4 is 4.72 Å². The predicted molar refractivity (Wildman–Crippen MR) is 65.2 cm³/mol. The van der Waals surface area contributed by atoms with Crippen LogP contribution in [0.5, 0.6) is 0 Å². The van der Waals surface area contributed by atoms with E-state index in [1.165, 1.54) is 10.9 Å². The van der Waals surface area contributed by atoms with Crippen LogP contribution in [-0.4, -0.2) is 18.2 Å². The molecule has 0 aliphatic rings. The van der Waals surface area contributed by atoms with E-state index in [0.717, 1.165) is 0 Å². The molecule has 0 bridgehead atoms. The van der Waals surface area contributed by atoms with Crippen molar-refractivity contribution >= 4 is 15.7 Å². The Morgan fingerprint density at radius 1 is 1.29 bits per heavy atom. The predicted octanol–water partition coefficient (Wildman–Crippen LogP) is 1.53. The third-order valence-electron chi connectivity index (χ3n) is 2.34. The zero-order valence-corrected chi connectivity index (χ0v) is 10.4. The topological polar surface area (TPSA) is 64.0 Å². The number of nitrogens with one attached hydrogen (secondary N) is 1. The number of nitrogens with zero attached hydrogens (tertiary/aromatic N) is 2. The Balaban J connectivity index is 2.35. The highest BCUT2D eigenvalue weighted by atomic mass is 32.2. The molecule has 0 aliphatic carbocycles. The number of aryl methyl sites for hydroxylation is 2. The van der Waals surface area contributed by atoms with Crippen LogP contribution >= 0.6 is 0 Å². The minimum absolute atomic E-state index is 0.281. The Morgan fingerprint density at radius 2 is 2.00 bits per heavy atom. The van der Waals surface area contributed by atoms with Gasteiger partial charge in [0.2, 0.25) is 0 Å². The Labute approximate surface area is 100 Å². The van der Waals surface area contributed by atoms with Crippen LogP contribution in [-0.2, 0) is 17.1 Å². The molecule has 1 N–H and O–H groups in total. The van der Waals surface area contributed by atoms with Gasteiger partial charge in [-0.25, -0.2) is 8.42 Å². The van der Waals surface area contributed by atoms with Crippen LogP contribution in [0.15, 0.2) is 41.6 Å². The van der Waals surface area contributed by atoms with E-state index < -0.39 is 10.0 Å². The van der Waals surface area contributed by atoms with Crippen molar-refractivity contribution in [3.05, 3.63) is 42.2 Å². The second kappa shape index (κ2) is 4.21. The van der Waals surface area contributed by atoms with E-state index >= 15 is 0 Å². The molecule has 1 aromatic carbocycles. The first-order valence-corrected chi connectivity index (χ1v) is 6.54. The molecule has 1 heterocycles. The minimum atomic E-state index is -3.53. The summed E-state index contributed by atoms with van der Waals surface area (Å²) in [5.74, 6) is 0. The van der Waals surface area contributed by atoms with Crippen LogP contribution in [0.25, 0.3) is 0 Å². The number of hydrogen-bond acceptors (Lipinski definition) is 3. The fourth-order valence-corrected chi connectivity index (χ4v) is 2.82. The zero-order chi connectivity index (χ0) is 12.5. The van der Waals surface area contributed by atoms with Gasteiger partial charge in [0.05, 0.1) is 16.8 Å². The second-order valence-electron chi connectivity index (χ2n) is 3.77. The molecule has 0 spiro atoms. The summed E-state index contributed by atoms with van der Waals surface area (Å²) in [5, 5.41) is 3.91. The molecule has 1 aromatic heterocycles. The largest absolute Gasteiger partial charge is 0.276 e. The summed E-state index contributed by atoms with van der Waals surface area (Å²) < 4.78 is 28.2. The van der Waals surface area contributed by atoms with Gasteiger partial charge in [-0.15, -0.1) is 0 Å². The Hall–Kier alpha value is -1.82. The molecule has 0 atom stereocenters. The maximum Gasteiger partial charge on any atom is 0.262 e. The summed E-state index contributed by atoms with van der Waals surface area (Å²) in [4.78, 5) is 0.281. The maximum atomic E-state index is 12.1. The summed E-state index contributed by atoms with van der Waals surface area (Å²) in [6.45, 7) is 1.76. The first-order chi connectivity index (χ1) is 7.99. The summed E-state index contributed by atoms with van der Waals surface area (Å²) in [6, 6.07) is 6.84. The quantitative estimate of drug-likeness (QED) is 0.899. The number of rotatable bonds is 3. The van der Waals surface area contributed by atoms with Crippen molar-refractivity contribution < 1.29 is 8.42 Å². The number of benzene rings is 1. The lowest BCUT2D eigenvalue weighted by Crippen LogP contribution is -2.13. The van der Waals surface area contributed by atoms with Crippen molar-refractivity contribution in [2.24, 2.45) is 7.05 Å². The summed E-state index contributed by atoms with van der Waals surface area (Å²) in [5.41, 5.74) is 1.17. The average molecular weight is 251 g/mol. The monoisotopic (exact) mass is 251 g/mol. The van der Waals surface area contributed by atoms with Crippen molar-refractivity contribution in [3.63, 3.8) is 0 Å². The van der Waals surface area contributed by atoms with Crippen molar-refractivity contribution in [3.8, 4) is 0 Å². The maximum absolute atomic E-state index is 12.1. The molecular formula is C11H13N3O2S. The average Bonchev–Trinajstić information content (AvgIpc) is 2.63. The lowest BCUT2D eigenvalue weighted by atomic mass is 10.2. The summed E-state index contributed by atoms with van der Waals surface area (Å²) >= 11 is 0. The summed E-state index contributed by atoms with van der Waals surface area (Å²) in [6.07, 6.45) is 3.08. The fourth-order valence-electron chi connectivity index (χ4n) is 1.54. The Kier molecular flexibility index (Phi) is 2.89. The molecule has 0 saturated carbocycles. The highest BCUT2D eigenvalue weighted by Crippen LogP contribution is 2.18. The number of anilines is 1. The van der Waals surface area contributed by atoms with Crippen LogP contribution in [0.2, 0.25) is 0 Å². The Bertz CT molecular complexity index is 632. The standard InChI is InChI=1S/C11H13N3O2S/c1-9-5-3-4-6-11(9)17(15,16)13-10-7-12-14(2)8-10/h3-8,13H,1-2H3. The molecule has 2 aromatic rings. The molecule has 6 heteroatoms. The number of aromatic nitrogens is 2. The van der Waals surface area contributed by atoms with E-state index in [4.69, 9.17) is 0 Å². The minimum Gasteiger partial charge on any atom is -0.276 e. The van der Waals surface area contributed by atoms with E-state index in [1.54, 1.807) is 44.4 Å². The van der Waals surface area contributed by atoms with Crippen LogP contribution in [0.3, 0.4) is 0 Å². The van der Waals surface area contributed by atoms with Crippen molar-refractivity contribution in [2.45, 2.75) is 11.8 Å². The van der Waals surface area contributed by atoms with E-state index in [2.05, 4.69) is 9.82 Å². The molecule has 90 valence electrons. The van der Waals surface area contributed by atoms with E-state index in [0.29, 0.717) is 11.3 Å². The molecule has 0 radical (unpaired) electrons. The molecule has 0 amide bonds. The Morgan fingerprint density at radius 3 is 2.59 bits per heavy atom. The molecular weight excluding hydrogens is 238 g/mol. The van der Waals surface area contributed by atoms with Gasteiger partial charge in [-0.05, 0) is 18.6 Å². The third-order valence-corrected chi connectivity index (χ3v) is 3.88. The van der Waals surface area contributed by atoms with Crippen molar-refractivity contribution in [1.29, 1.82) is 0 Å². The van der Waals surface area contributed by atoms with E-state index in [-0.39, 0.29) is 4.90 Å². The van der Waals surface area contributed by atoms with Gasteiger partial charge in [0.25, 0.3) is 10.0 Å². The van der Waals surface area contributed by atoms with Gasteiger partial charge in [0.1, 0.15) is 0 Å². The van der Waals surface area contributed by atoms with Gasteiger partial charge < -0.3 is 0 Å². The lowest BCUT2D eigenvalue weighted by Gasteiger charge is -2.07. The van der Waals surface area contributed by atoms with E-state index in [1.807, 2.05) is 0 Å². The van der Waals surface area contributed by atoms with Gasteiger partial charge in [-0.1, -0.05) is 18.2 Å². The van der Waals surface area contributed by atoms with Gasteiger partial charge >= 0.3 is 0 Å². The van der Waals surface area contributed by atoms with Crippen molar-refractivity contribution in [2.75, 3.05) is 4.72 Å². The third kappa shape index (κ3) is 2.47. The summed E-state index contributed by atoms with van der Waals surface area (Å²) in [7, 11) is -1.81. The normalized spacial score (nSPS) is 11.4. The smallest absolute Gasteiger partial charge is 0.262 e. The molecule has 0 fully saturated rings. The first kappa shape index (κ1) is 11.7. The lowest BCUT2D eigenvalue weighted by molar-refractivity contribution is 0.600. The second-order valence-corrected chi connectivity index (χ2v) is 5.42. The van der Waals surface area contributed by atoms with Crippen LogP contribution in [0.1, 0.15) is 5.56 Å². The fraction of sp³-hybridized carbons (Fsp3) is 0.182. The molecule has 17 heavy (non-hydrogen) atoms. The molecule has 0 aliphatic heterocycles. The molecule has 0 saturated heterocycles.